The standard InChI is InChI=1S/C13H17ClN4S/c1-4-9(2)19-8-13-16-11(5-12(14)17-13)10-6-15-18(3)7-10/h5-7,9H,4,8H2,1-3H3. The minimum Gasteiger partial charge on any atom is -0.275 e. The molecule has 0 aromatic carbocycles. The first-order chi connectivity index (χ1) is 9.08. The van der Waals surface area contributed by atoms with Crippen molar-refractivity contribution in [1.82, 2.24) is 19.7 Å². The quantitative estimate of drug-likeness (QED) is 0.791. The third-order valence-corrected chi connectivity index (χ3v) is 4.33. The fourth-order valence-electron chi connectivity index (χ4n) is 1.57. The molecule has 102 valence electrons. The van der Waals surface area contributed by atoms with Gasteiger partial charge in [-0.2, -0.15) is 16.9 Å². The highest BCUT2D eigenvalue weighted by molar-refractivity contribution is 7.99. The molecule has 2 heterocycles. The molecule has 0 bridgehead atoms. The Bertz CT molecular complexity index is 555. The molecule has 0 aliphatic heterocycles. The van der Waals surface area contributed by atoms with E-state index in [0.29, 0.717) is 10.4 Å². The van der Waals surface area contributed by atoms with Crippen molar-refractivity contribution < 1.29 is 0 Å². The van der Waals surface area contributed by atoms with Crippen molar-refractivity contribution in [1.29, 1.82) is 0 Å². The lowest BCUT2D eigenvalue weighted by Gasteiger charge is -2.08. The first-order valence-corrected chi connectivity index (χ1v) is 7.65. The maximum atomic E-state index is 6.07. The number of hydrogen-bond donors (Lipinski definition) is 0. The van der Waals surface area contributed by atoms with Gasteiger partial charge in [0.05, 0.1) is 17.6 Å². The van der Waals surface area contributed by atoms with Gasteiger partial charge in [0.25, 0.3) is 0 Å². The third-order valence-electron chi connectivity index (χ3n) is 2.81. The van der Waals surface area contributed by atoms with Crippen LogP contribution in [0.4, 0.5) is 0 Å². The lowest BCUT2D eigenvalue weighted by atomic mass is 10.2. The van der Waals surface area contributed by atoms with Crippen molar-refractivity contribution >= 4 is 23.4 Å². The Labute approximate surface area is 122 Å². The van der Waals surface area contributed by atoms with E-state index in [2.05, 4.69) is 28.9 Å². The summed E-state index contributed by atoms with van der Waals surface area (Å²) in [6.45, 7) is 4.38. The Morgan fingerprint density at radius 3 is 2.84 bits per heavy atom. The number of rotatable bonds is 5. The summed E-state index contributed by atoms with van der Waals surface area (Å²) in [4.78, 5) is 8.83. The Kier molecular flexibility index (Phi) is 4.82. The monoisotopic (exact) mass is 296 g/mol. The molecule has 0 aliphatic carbocycles. The highest BCUT2D eigenvalue weighted by atomic mass is 35.5. The number of hydrogen-bond acceptors (Lipinski definition) is 4. The van der Waals surface area contributed by atoms with Crippen molar-refractivity contribution in [3.05, 3.63) is 29.4 Å². The average Bonchev–Trinajstić information content (AvgIpc) is 2.82. The van der Waals surface area contributed by atoms with E-state index in [-0.39, 0.29) is 0 Å². The summed E-state index contributed by atoms with van der Waals surface area (Å²) < 4.78 is 1.75. The van der Waals surface area contributed by atoms with Crippen LogP contribution in [0.3, 0.4) is 0 Å². The molecule has 1 atom stereocenters. The molecule has 2 aromatic heterocycles. The maximum Gasteiger partial charge on any atom is 0.140 e. The zero-order valence-electron chi connectivity index (χ0n) is 11.3. The van der Waals surface area contributed by atoms with Crippen molar-refractivity contribution in [2.24, 2.45) is 7.05 Å². The van der Waals surface area contributed by atoms with Gasteiger partial charge in [0.15, 0.2) is 0 Å². The number of thioether (sulfide) groups is 1. The van der Waals surface area contributed by atoms with Gasteiger partial charge in [-0.1, -0.05) is 25.4 Å². The van der Waals surface area contributed by atoms with E-state index in [9.17, 15) is 0 Å². The van der Waals surface area contributed by atoms with Crippen LogP contribution in [0.15, 0.2) is 18.5 Å². The van der Waals surface area contributed by atoms with E-state index in [4.69, 9.17) is 11.6 Å². The zero-order valence-corrected chi connectivity index (χ0v) is 12.9. The van der Waals surface area contributed by atoms with E-state index in [1.54, 1.807) is 16.9 Å². The Morgan fingerprint density at radius 1 is 1.42 bits per heavy atom. The molecule has 2 aromatic rings. The molecule has 0 fully saturated rings. The minimum absolute atomic E-state index is 0.480. The Hall–Kier alpha value is -1.07. The molecule has 0 radical (unpaired) electrons. The van der Waals surface area contributed by atoms with E-state index < -0.39 is 0 Å². The third kappa shape index (κ3) is 3.94. The molecule has 2 rings (SSSR count). The SMILES string of the molecule is CCC(C)SCc1nc(Cl)cc(-c2cnn(C)c2)n1. The van der Waals surface area contributed by atoms with Gasteiger partial charge >= 0.3 is 0 Å². The van der Waals surface area contributed by atoms with Crippen LogP contribution in [0.2, 0.25) is 5.15 Å². The second-order valence-electron chi connectivity index (χ2n) is 4.42. The van der Waals surface area contributed by atoms with Gasteiger partial charge < -0.3 is 0 Å². The van der Waals surface area contributed by atoms with Crippen molar-refractivity contribution in [3.8, 4) is 11.3 Å². The van der Waals surface area contributed by atoms with Crippen LogP contribution < -0.4 is 0 Å². The minimum atomic E-state index is 0.480. The highest BCUT2D eigenvalue weighted by Gasteiger charge is 2.09. The van der Waals surface area contributed by atoms with Crippen LogP contribution in [-0.4, -0.2) is 25.0 Å². The Morgan fingerprint density at radius 2 is 2.21 bits per heavy atom. The van der Waals surface area contributed by atoms with Gasteiger partial charge in [-0.15, -0.1) is 0 Å². The van der Waals surface area contributed by atoms with Gasteiger partial charge in [-0.3, -0.25) is 4.68 Å². The smallest absolute Gasteiger partial charge is 0.140 e. The van der Waals surface area contributed by atoms with Gasteiger partial charge in [0.2, 0.25) is 0 Å². The average molecular weight is 297 g/mol. The fraction of sp³-hybridized carbons (Fsp3) is 0.462. The van der Waals surface area contributed by atoms with Crippen LogP contribution in [0.25, 0.3) is 11.3 Å². The Balaban J connectivity index is 2.20. The topological polar surface area (TPSA) is 43.6 Å². The summed E-state index contributed by atoms with van der Waals surface area (Å²) >= 11 is 7.91. The van der Waals surface area contributed by atoms with E-state index in [1.807, 2.05) is 25.0 Å². The zero-order chi connectivity index (χ0) is 13.8. The van der Waals surface area contributed by atoms with Gasteiger partial charge in [-0.25, -0.2) is 9.97 Å². The molecule has 0 saturated heterocycles. The normalized spacial score (nSPS) is 12.6. The summed E-state index contributed by atoms with van der Waals surface area (Å²) in [6.07, 6.45) is 4.84. The molecule has 0 aliphatic rings. The van der Waals surface area contributed by atoms with Gasteiger partial charge in [0.1, 0.15) is 11.0 Å². The van der Waals surface area contributed by atoms with E-state index in [0.717, 1.165) is 29.3 Å². The van der Waals surface area contributed by atoms with Crippen LogP contribution in [0, 0.1) is 0 Å². The predicted molar refractivity (Wildman–Crippen MR) is 80.3 cm³/mol. The van der Waals surface area contributed by atoms with Crippen LogP contribution in [0.5, 0.6) is 0 Å². The highest BCUT2D eigenvalue weighted by Crippen LogP contribution is 2.23. The number of aromatic nitrogens is 4. The molecular formula is C13H17ClN4S. The summed E-state index contributed by atoms with van der Waals surface area (Å²) in [5.41, 5.74) is 1.79. The first-order valence-electron chi connectivity index (χ1n) is 6.22. The molecule has 19 heavy (non-hydrogen) atoms. The molecule has 1 unspecified atom stereocenters. The van der Waals surface area contributed by atoms with E-state index in [1.165, 1.54) is 0 Å². The molecule has 4 nitrogen and oxygen atoms in total. The molecule has 0 saturated carbocycles. The molecule has 6 heteroatoms. The van der Waals surface area contributed by atoms with Crippen LogP contribution in [-0.2, 0) is 12.8 Å². The van der Waals surface area contributed by atoms with Crippen molar-refractivity contribution in [2.75, 3.05) is 0 Å². The van der Waals surface area contributed by atoms with Crippen molar-refractivity contribution in [3.63, 3.8) is 0 Å². The number of halogens is 1. The lowest BCUT2D eigenvalue weighted by molar-refractivity contribution is 0.768. The second-order valence-corrected chi connectivity index (χ2v) is 6.24. The van der Waals surface area contributed by atoms with Gasteiger partial charge in [-0.05, 0) is 6.42 Å². The molecule has 0 amide bonds. The second kappa shape index (κ2) is 6.39. The first kappa shape index (κ1) is 14.3. The summed E-state index contributed by atoms with van der Waals surface area (Å²) in [7, 11) is 1.88. The van der Waals surface area contributed by atoms with Crippen LogP contribution >= 0.6 is 23.4 Å². The van der Waals surface area contributed by atoms with Gasteiger partial charge in [0, 0.05) is 30.1 Å². The van der Waals surface area contributed by atoms with E-state index >= 15 is 0 Å². The molecular weight excluding hydrogens is 280 g/mol. The lowest BCUT2D eigenvalue weighted by Crippen LogP contribution is -1.99. The summed E-state index contributed by atoms with van der Waals surface area (Å²) in [6, 6.07) is 1.77. The number of aryl methyl sites for hydroxylation is 1. The van der Waals surface area contributed by atoms with Crippen LogP contribution in [0.1, 0.15) is 26.1 Å². The maximum absolute atomic E-state index is 6.07. The van der Waals surface area contributed by atoms with Crippen molar-refractivity contribution in [2.45, 2.75) is 31.3 Å². The summed E-state index contributed by atoms with van der Waals surface area (Å²) in [5, 5.41) is 5.23. The number of nitrogens with zero attached hydrogens (tertiary/aromatic N) is 4. The predicted octanol–water partition coefficient (Wildman–Crippen LogP) is 3.56. The largest absolute Gasteiger partial charge is 0.275 e. The summed E-state index contributed by atoms with van der Waals surface area (Å²) in [5.74, 6) is 1.56. The fourth-order valence-corrected chi connectivity index (χ4v) is 2.56. The molecule has 0 spiro atoms. The molecule has 0 N–H and O–H groups in total.